The van der Waals surface area contributed by atoms with Gasteiger partial charge in [0.1, 0.15) is 0 Å². The molecular weight excluding hydrogens is 584 g/mol. The van der Waals surface area contributed by atoms with Crippen molar-refractivity contribution in [3.8, 4) is 0 Å². The summed E-state index contributed by atoms with van der Waals surface area (Å²) in [5.41, 5.74) is 0. The van der Waals surface area contributed by atoms with E-state index in [-0.39, 0.29) is 36.9 Å². The van der Waals surface area contributed by atoms with E-state index in [2.05, 4.69) is 93.9 Å². The number of hydrogen-bond acceptors (Lipinski definition) is 8. The molecule has 0 amide bonds. The van der Waals surface area contributed by atoms with Gasteiger partial charge in [0, 0.05) is 65.5 Å². The number of nitrogens with zero attached hydrogens (tertiary/aromatic N) is 1. The fourth-order valence-electron chi connectivity index (χ4n) is 3.29. The Kier molecular flexibility index (Phi) is 19.5. The summed E-state index contributed by atoms with van der Waals surface area (Å²) < 4.78 is 22.1. The summed E-state index contributed by atoms with van der Waals surface area (Å²) in [5.74, 6) is 0. The van der Waals surface area contributed by atoms with E-state index in [0.29, 0.717) is 18.1 Å². The van der Waals surface area contributed by atoms with E-state index in [0.717, 1.165) is 38.2 Å². The van der Waals surface area contributed by atoms with Gasteiger partial charge in [0.2, 0.25) is 0 Å². The number of aliphatic hydroxyl groups is 2. The first-order valence-corrected chi connectivity index (χ1v) is 20.5. The van der Waals surface area contributed by atoms with Crippen molar-refractivity contribution < 1.29 is 28.5 Å². The number of halogens is 1. The van der Waals surface area contributed by atoms with Crippen LogP contribution in [0.1, 0.15) is 49.0 Å². The highest BCUT2D eigenvalue weighted by atomic mass is 79.9. The number of alkyl halides is 1. The van der Waals surface area contributed by atoms with Crippen LogP contribution in [-0.2, 0) is 18.3 Å². The third-order valence-corrected chi connectivity index (χ3v) is 17.5. The molecule has 0 spiro atoms. The molecule has 0 bridgehead atoms. The normalized spacial score (nSPS) is 24.7. The predicted octanol–water partition coefficient (Wildman–Crippen LogP) is 4.70. The molecule has 232 valence electrons. The number of rotatable bonds is 9. The Labute approximate surface area is 245 Å². The van der Waals surface area contributed by atoms with Gasteiger partial charge < -0.3 is 33.9 Å². The number of aliphatic hydroxyl groups excluding tert-OH is 2. The largest absolute Gasteiger partial charge is 0.416 e. The SMILES string of the molecule is C.CC(C)(C)[Si](C)(C)OCCBr.CO[C@@H]1CN(CCO[Si](C)(C)C(C)(C)C)C[C@H]1O.CO[C@@H]1CNC[C@H]1O. The van der Waals surface area contributed by atoms with Crippen LogP contribution >= 0.6 is 15.9 Å². The van der Waals surface area contributed by atoms with Gasteiger partial charge in [-0.3, -0.25) is 4.90 Å². The Hall–Kier alpha value is 0.594. The molecule has 2 aliphatic heterocycles. The van der Waals surface area contributed by atoms with E-state index in [1.165, 1.54) is 0 Å². The maximum absolute atomic E-state index is 9.75. The second kappa shape index (κ2) is 18.2. The van der Waals surface area contributed by atoms with Crippen molar-refractivity contribution in [1.29, 1.82) is 0 Å². The number of hydrogen-bond donors (Lipinski definition) is 3. The molecule has 0 radical (unpaired) electrons. The summed E-state index contributed by atoms with van der Waals surface area (Å²) in [6.45, 7) is 28.0. The number of methoxy groups -OCH3 is 2. The van der Waals surface area contributed by atoms with Crippen LogP contribution in [0.25, 0.3) is 0 Å². The van der Waals surface area contributed by atoms with Gasteiger partial charge in [-0.05, 0) is 36.3 Å². The average molecular weight is 648 g/mol. The van der Waals surface area contributed by atoms with Gasteiger partial charge in [-0.25, -0.2) is 0 Å². The van der Waals surface area contributed by atoms with Gasteiger partial charge in [0.05, 0.1) is 24.4 Å². The minimum Gasteiger partial charge on any atom is -0.416 e. The Morgan fingerprint density at radius 2 is 1.26 bits per heavy atom. The minimum absolute atomic E-state index is 0. The highest BCUT2D eigenvalue weighted by molar-refractivity contribution is 9.09. The Morgan fingerprint density at radius 3 is 1.58 bits per heavy atom. The highest BCUT2D eigenvalue weighted by Crippen LogP contribution is 2.37. The molecule has 11 heteroatoms. The average Bonchev–Trinajstić information content (AvgIpc) is 3.35. The van der Waals surface area contributed by atoms with Crippen LogP contribution in [0.2, 0.25) is 36.3 Å². The molecule has 0 aromatic carbocycles. The third kappa shape index (κ3) is 14.5. The summed E-state index contributed by atoms with van der Waals surface area (Å²) in [7, 11) is 0.173. The first-order chi connectivity index (χ1) is 16.8. The van der Waals surface area contributed by atoms with Crippen molar-refractivity contribution in [3.63, 3.8) is 0 Å². The summed E-state index contributed by atoms with van der Waals surface area (Å²) in [6.07, 6.45) is -0.698. The quantitative estimate of drug-likeness (QED) is 0.245. The number of likely N-dealkylation sites (tertiary alicyclic amines) is 1. The molecule has 2 fully saturated rings. The van der Waals surface area contributed by atoms with Crippen LogP contribution in [0.5, 0.6) is 0 Å². The summed E-state index contributed by atoms with van der Waals surface area (Å²) in [6, 6.07) is 0. The Bertz CT molecular complexity index is 617. The molecule has 0 aromatic rings. The molecule has 0 aromatic heterocycles. The molecule has 3 N–H and O–H groups in total. The summed E-state index contributed by atoms with van der Waals surface area (Å²) in [5, 5.41) is 23.3. The van der Waals surface area contributed by atoms with Crippen molar-refractivity contribution in [2.45, 2.75) is 110 Å². The monoisotopic (exact) mass is 646 g/mol. The maximum atomic E-state index is 9.75. The van der Waals surface area contributed by atoms with Crippen LogP contribution in [-0.4, -0.2) is 122 Å². The van der Waals surface area contributed by atoms with Gasteiger partial charge >= 0.3 is 0 Å². The molecule has 0 aliphatic carbocycles. The zero-order valence-corrected chi connectivity index (χ0v) is 29.4. The lowest BCUT2D eigenvalue weighted by Gasteiger charge is -2.36. The van der Waals surface area contributed by atoms with E-state index in [4.69, 9.17) is 23.4 Å². The van der Waals surface area contributed by atoms with Crippen molar-refractivity contribution in [3.05, 3.63) is 0 Å². The van der Waals surface area contributed by atoms with Gasteiger partial charge in [0.25, 0.3) is 0 Å². The first-order valence-electron chi connectivity index (χ1n) is 13.5. The molecule has 0 unspecified atom stereocenters. The van der Waals surface area contributed by atoms with Crippen LogP contribution in [0.15, 0.2) is 0 Å². The molecule has 2 saturated heterocycles. The van der Waals surface area contributed by atoms with E-state index < -0.39 is 16.6 Å². The summed E-state index contributed by atoms with van der Waals surface area (Å²) >= 11 is 3.37. The number of β-amino-alcohol motifs (C(OH)–C–C–N with tert-alkyl or cyclic N) is 2. The zero-order chi connectivity index (χ0) is 29.1. The minimum atomic E-state index is -1.64. The zero-order valence-electron chi connectivity index (χ0n) is 25.8. The molecule has 2 rings (SSSR count). The van der Waals surface area contributed by atoms with Crippen LogP contribution in [0.3, 0.4) is 0 Å². The molecule has 8 nitrogen and oxygen atoms in total. The van der Waals surface area contributed by atoms with E-state index in [9.17, 15) is 5.11 Å². The van der Waals surface area contributed by atoms with Gasteiger partial charge in [-0.2, -0.15) is 0 Å². The number of nitrogens with one attached hydrogen (secondary N) is 1. The number of ether oxygens (including phenoxy) is 2. The fraction of sp³-hybridized carbons (Fsp3) is 1.00. The topological polar surface area (TPSA) is 92.7 Å². The molecule has 38 heavy (non-hydrogen) atoms. The van der Waals surface area contributed by atoms with E-state index in [1.54, 1.807) is 14.2 Å². The van der Waals surface area contributed by atoms with Crippen molar-refractivity contribution in [2.24, 2.45) is 0 Å². The Balaban J connectivity index is 0. The van der Waals surface area contributed by atoms with Crippen LogP contribution in [0.4, 0.5) is 0 Å². The molecule has 2 heterocycles. The third-order valence-electron chi connectivity index (χ3n) is 8.07. The van der Waals surface area contributed by atoms with E-state index in [1.807, 2.05) is 0 Å². The van der Waals surface area contributed by atoms with Gasteiger partial charge in [0.15, 0.2) is 16.6 Å². The predicted molar refractivity (Wildman–Crippen MR) is 170 cm³/mol. The lowest BCUT2D eigenvalue weighted by molar-refractivity contribution is 0.0214. The molecule has 4 atom stereocenters. The molecule has 2 aliphatic rings. The van der Waals surface area contributed by atoms with Gasteiger partial charge in [-0.1, -0.05) is 64.9 Å². The van der Waals surface area contributed by atoms with Crippen molar-refractivity contribution in [2.75, 3.05) is 65.5 Å². The van der Waals surface area contributed by atoms with Crippen LogP contribution < -0.4 is 5.32 Å². The first kappa shape index (κ1) is 40.7. The van der Waals surface area contributed by atoms with Crippen molar-refractivity contribution >= 4 is 32.6 Å². The molecular formula is C27H63BrN2O6Si2. The second-order valence-electron chi connectivity index (χ2n) is 13.0. The lowest BCUT2D eigenvalue weighted by Crippen LogP contribution is -2.42. The van der Waals surface area contributed by atoms with E-state index >= 15 is 0 Å². The highest BCUT2D eigenvalue weighted by Gasteiger charge is 2.38. The van der Waals surface area contributed by atoms with Crippen molar-refractivity contribution in [1.82, 2.24) is 10.2 Å². The maximum Gasteiger partial charge on any atom is 0.192 e. The van der Waals surface area contributed by atoms with Crippen LogP contribution in [0, 0.1) is 0 Å². The fourth-order valence-corrected chi connectivity index (χ4v) is 5.83. The molecule has 0 saturated carbocycles. The Morgan fingerprint density at radius 1 is 0.789 bits per heavy atom. The summed E-state index contributed by atoms with van der Waals surface area (Å²) in [4.78, 5) is 2.21. The van der Waals surface area contributed by atoms with Gasteiger partial charge in [-0.15, -0.1) is 0 Å². The standard InChI is InChI=1S/C13H29NO3Si.C8H19BrOSi.C5H11NO2.CH4/c1-13(2,3)18(5,6)17-8-7-14-9-11(15)12(10-14)16-4;1-8(2,3)11(4,5)10-7-6-9;1-8-5-3-6-2-4(5)7;/h11-12,15H,7-10H2,1-6H3;6-7H2,1-5H3;4-7H,2-3H2,1H3;1H4/t11-,12-;;4-,5-;/m1.1./s1. The lowest BCUT2D eigenvalue weighted by atomic mass is 10.2. The smallest absolute Gasteiger partial charge is 0.192 e. The second-order valence-corrected chi connectivity index (χ2v) is 23.4.